The first-order valence-electron chi connectivity index (χ1n) is 12.5. The third kappa shape index (κ3) is 5.28. The van der Waals surface area contributed by atoms with Crippen molar-refractivity contribution in [1.29, 1.82) is 0 Å². The predicted molar refractivity (Wildman–Crippen MR) is 138 cm³/mol. The number of Topliss-reactive ketones (excluding diaryl/α,β-unsaturated/α-hetero) is 1. The van der Waals surface area contributed by atoms with Gasteiger partial charge in [0.1, 0.15) is 5.82 Å². The Kier molecular flexibility index (Phi) is 7.03. The van der Waals surface area contributed by atoms with E-state index in [1.807, 2.05) is 71.4 Å². The largest absolute Gasteiger partial charge is 0.478 e. The zero-order chi connectivity index (χ0) is 24.9. The minimum absolute atomic E-state index is 0.0716. The lowest BCUT2D eigenvalue weighted by Crippen LogP contribution is -2.17. The minimum Gasteiger partial charge on any atom is -0.478 e. The van der Waals surface area contributed by atoms with Gasteiger partial charge in [0.05, 0.1) is 11.6 Å². The number of ketones is 1. The summed E-state index contributed by atoms with van der Waals surface area (Å²) < 4.78 is 1.99. The van der Waals surface area contributed by atoms with Crippen LogP contribution in [0.5, 0.6) is 0 Å². The number of benzene rings is 3. The number of nitrogens with zero attached hydrogens (tertiary/aromatic N) is 3. The summed E-state index contributed by atoms with van der Waals surface area (Å²) in [6.45, 7) is 0. The second kappa shape index (κ2) is 10.7. The number of hydrogen-bond donors (Lipinski definition) is 1. The molecule has 36 heavy (non-hydrogen) atoms. The van der Waals surface area contributed by atoms with Crippen molar-refractivity contribution in [3.63, 3.8) is 0 Å². The van der Waals surface area contributed by atoms with Gasteiger partial charge in [-0.2, -0.15) is 0 Å². The molecule has 0 spiro atoms. The Morgan fingerprint density at radius 1 is 0.833 bits per heavy atom. The maximum atomic E-state index is 13.0. The van der Waals surface area contributed by atoms with Crippen LogP contribution in [0.25, 0.3) is 11.1 Å². The third-order valence-corrected chi connectivity index (χ3v) is 6.86. The molecule has 1 aromatic heterocycles. The Morgan fingerprint density at radius 3 is 2.25 bits per heavy atom. The van der Waals surface area contributed by atoms with Crippen molar-refractivity contribution in [3.8, 4) is 11.1 Å². The monoisotopic (exact) mass is 479 g/mol. The van der Waals surface area contributed by atoms with Crippen LogP contribution in [0, 0.1) is 0 Å². The van der Waals surface area contributed by atoms with Gasteiger partial charge in [-0.3, -0.25) is 4.79 Å². The summed E-state index contributed by atoms with van der Waals surface area (Å²) in [4.78, 5) is 29.4. The van der Waals surface area contributed by atoms with Crippen LogP contribution in [0.3, 0.4) is 0 Å². The van der Waals surface area contributed by atoms with E-state index < -0.39 is 5.97 Å². The van der Waals surface area contributed by atoms with Crippen molar-refractivity contribution in [2.75, 3.05) is 0 Å². The van der Waals surface area contributed by atoms with Crippen molar-refractivity contribution < 1.29 is 14.7 Å². The number of aromatic carboxylic acids is 1. The first-order chi connectivity index (χ1) is 17.6. The molecule has 0 saturated heterocycles. The van der Waals surface area contributed by atoms with Crippen molar-refractivity contribution in [3.05, 3.63) is 107 Å². The molecule has 0 aliphatic heterocycles. The molecule has 1 saturated carbocycles. The molecule has 6 nitrogen and oxygen atoms in total. The van der Waals surface area contributed by atoms with Gasteiger partial charge in [0.15, 0.2) is 0 Å². The van der Waals surface area contributed by atoms with Gasteiger partial charge in [-0.1, -0.05) is 92.1 Å². The van der Waals surface area contributed by atoms with Crippen molar-refractivity contribution >= 4 is 11.8 Å². The molecule has 3 aromatic carbocycles. The number of hydrogen-bond acceptors (Lipinski definition) is 4. The smallest absolute Gasteiger partial charge is 0.336 e. The molecule has 1 aliphatic carbocycles. The molecule has 6 heteroatoms. The van der Waals surface area contributed by atoms with E-state index >= 15 is 0 Å². The van der Waals surface area contributed by atoms with Gasteiger partial charge in [-0.25, -0.2) is 14.5 Å². The first kappa shape index (κ1) is 23.7. The minimum atomic E-state index is -0.942. The number of carbonyl (C=O) groups is 2. The lowest BCUT2D eigenvalue weighted by atomic mass is 9.95. The summed E-state index contributed by atoms with van der Waals surface area (Å²) in [5.41, 5.74) is 3.82. The molecule has 0 atom stereocenters. The third-order valence-electron chi connectivity index (χ3n) is 6.86. The van der Waals surface area contributed by atoms with Crippen molar-refractivity contribution in [2.24, 2.45) is 0 Å². The summed E-state index contributed by atoms with van der Waals surface area (Å²) in [7, 11) is 0. The summed E-state index contributed by atoms with van der Waals surface area (Å²) in [6, 6.07) is 24.9. The van der Waals surface area contributed by atoms with E-state index in [1.165, 1.54) is 6.42 Å². The van der Waals surface area contributed by atoms with Gasteiger partial charge in [-0.05, 0) is 41.2 Å². The number of rotatable bonds is 8. The second-order valence-corrected chi connectivity index (χ2v) is 9.40. The molecule has 5 rings (SSSR count). The van der Waals surface area contributed by atoms with Gasteiger partial charge in [0, 0.05) is 12.8 Å². The highest BCUT2D eigenvalue weighted by Gasteiger charge is 2.24. The normalized spacial score (nSPS) is 14.0. The van der Waals surface area contributed by atoms with E-state index in [2.05, 4.69) is 0 Å². The number of aromatic nitrogens is 3. The Morgan fingerprint density at radius 2 is 1.53 bits per heavy atom. The fraction of sp³-hybridized carbons (Fsp3) is 0.267. The van der Waals surface area contributed by atoms with Gasteiger partial charge < -0.3 is 5.11 Å². The lowest BCUT2D eigenvalue weighted by Gasteiger charge is -2.23. The molecule has 1 aliphatic rings. The molecule has 0 unspecified atom stereocenters. The van der Waals surface area contributed by atoms with Gasteiger partial charge in [-0.15, -0.1) is 5.10 Å². The molecule has 1 fully saturated rings. The number of carboxylic acids is 1. The summed E-state index contributed by atoms with van der Waals surface area (Å²) in [6.07, 6.45) is 6.50. The average Bonchev–Trinajstić information content (AvgIpc) is 3.34. The topological polar surface area (TPSA) is 85.1 Å². The lowest BCUT2D eigenvalue weighted by molar-refractivity contribution is 0.0697. The van der Waals surface area contributed by atoms with Gasteiger partial charge in [0.2, 0.25) is 11.6 Å². The van der Waals surface area contributed by atoms with E-state index in [0.29, 0.717) is 12.0 Å². The van der Waals surface area contributed by atoms with Crippen LogP contribution >= 0.6 is 0 Å². The quantitative estimate of drug-likeness (QED) is 0.306. The molecule has 0 radical (unpaired) electrons. The standard InChI is InChI=1S/C30H29N3O3/c34-27(19-21-9-3-1-4-10-21)29-31-28(33(32-29)24-11-5-2-6-12-24)20-22-15-17-23(18-16-22)25-13-7-8-14-26(25)30(35)36/h1,3-4,7-10,13-18,24H,2,5-6,11-12,19-20H2,(H,35,36). The molecular weight excluding hydrogens is 450 g/mol. The average molecular weight is 480 g/mol. The molecule has 1 heterocycles. The van der Waals surface area contributed by atoms with E-state index in [4.69, 9.17) is 10.1 Å². The maximum Gasteiger partial charge on any atom is 0.336 e. The van der Waals surface area contributed by atoms with Crippen LogP contribution in [0.1, 0.15) is 76.1 Å². The van der Waals surface area contributed by atoms with Gasteiger partial charge >= 0.3 is 5.97 Å². The van der Waals surface area contributed by atoms with Crippen molar-refractivity contribution in [2.45, 2.75) is 51.0 Å². The molecule has 0 amide bonds. The predicted octanol–water partition coefficient (Wildman–Crippen LogP) is 6.16. The zero-order valence-corrected chi connectivity index (χ0v) is 20.1. The van der Waals surface area contributed by atoms with Crippen LogP contribution in [0.4, 0.5) is 0 Å². The van der Waals surface area contributed by atoms with Crippen LogP contribution < -0.4 is 0 Å². The Bertz CT molecular complexity index is 1350. The fourth-order valence-corrected chi connectivity index (χ4v) is 4.98. The van der Waals surface area contributed by atoms with E-state index in [0.717, 1.165) is 48.2 Å². The fourth-order valence-electron chi connectivity index (χ4n) is 4.98. The SMILES string of the molecule is O=C(Cc1ccccc1)c1nc(Cc2ccc(-c3ccccc3C(=O)O)cc2)n(C2CCCCC2)n1. The number of carboxylic acid groups (broad SMARTS) is 1. The molecule has 1 N–H and O–H groups in total. The second-order valence-electron chi connectivity index (χ2n) is 9.40. The van der Waals surface area contributed by atoms with Crippen LogP contribution in [-0.4, -0.2) is 31.6 Å². The van der Waals surface area contributed by atoms with E-state index in [9.17, 15) is 14.7 Å². The first-order valence-corrected chi connectivity index (χ1v) is 12.5. The summed E-state index contributed by atoms with van der Waals surface area (Å²) in [5.74, 6) is 0.0732. The Labute approximate surface area is 210 Å². The molecule has 4 aromatic rings. The maximum absolute atomic E-state index is 13.0. The highest BCUT2D eigenvalue weighted by atomic mass is 16.4. The van der Waals surface area contributed by atoms with Crippen LogP contribution in [0.2, 0.25) is 0 Å². The molecule has 0 bridgehead atoms. The van der Waals surface area contributed by atoms with E-state index in [1.54, 1.807) is 12.1 Å². The van der Waals surface area contributed by atoms with Crippen molar-refractivity contribution in [1.82, 2.24) is 14.8 Å². The van der Waals surface area contributed by atoms with Crippen LogP contribution in [-0.2, 0) is 12.8 Å². The molecular formula is C30H29N3O3. The van der Waals surface area contributed by atoms with E-state index in [-0.39, 0.29) is 29.6 Å². The van der Waals surface area contributed by atoms with Crippen LogP contribution in [0.15, 0.2) is 78.9 Å². The highest BCUT2D eigenvalue weighted by molar-refractivity contribution is 5.96. The molecule has 182 valence electrons. The zero-order valence-electron chi connectivity index (χ0n) is 20.1. The number of carbonyl (C=O) groups excluding carboxylic acids is 1. The Balaban J connectivity index is 1.41. The Hall–Kier alpha value is -4.06. The van der Waals surface area contributed by atoms with Gasteiger partial charge in [0.25, 0.3) is 0 Å². The highest BCUT2D eigenvalue weighted by Crippen LogP contribution is 2.30. The summed E-state index contributed by atoms with van der Waals surface area (Å²) in [5, 5.41) is 14.2. The summed E-state index contributed by atoms with van der Waals surface area (Å²) >= 11 is 0.